The zero-order valence-corrected chi connectivity index (χ0v) is 26.6. The highest BCUT2D eigenvalue weighted by atomic mass is 16.5. The Morgan fingerprint density at radius 1 is 0.978 bits per heavy atom. The van der Waals surface area contributed by atoms with E-state index in [9.17, 15) is 9.59 Å². The molecule has 2 aliphatic rings. The number of aromatic nitrogens is 4. The summed E-state index contributed by atoms with van der Waals surface area (Å²) in [6, 6.07) is 18.8. The molecule has 238 valence electrons. The first-order valence-corrected chi connectivity index (χ1v) is 16.4. The maximum Gasteiger partial charge on any atom is 0.407 e. The molecule has 0 bridgehead atoms. The number of amides is 2. The van der Waals surface area contributed by atoms with Crippen molar-refractivity contribution in [1.82, 2.24) is 35.5 Å². The number of carbonyl (C=O) groups excluding carboxylic acids is 2. The fourth-order valence-electron chi connectivity index (χ4n) is 6.90. The molecule has 2 fully saturated rings. The zero-order chi connectivity index (χ0) is 31.8. The molecule has 0 spiro atoms. The van der Waals surface area contributed by atoms with Crippen molar-refractivity contribution in [2.45, 2.75) is 64.1 Å². The highest BCUT2D eigenvalue weighted by Crippen LogP contribution is 2.35. The van der Waals surface area contributed by atoms with E-state index in [2.05, 4.69) is 74.1 Å². The van der Waals surface area contributed by atoms with E-state index in [1.807, 2.05) is 31.0 Å². The molecular formula is C36H41N7O3. The van der Waals surface area contributed by atoms with Crippen LogP contribution in [0.1, 0.15) is 69.7 Å². The number of nitrogens with one attached hydrogen (secondary N) is 4. The Hall–Kier alpha value is -4.70. The Kier molecular flexibility index (Phi) is 8.21. The van der Waals surface area contributed by atoms with Gasteiger partial charge in [0.25, 0.3) is 0 Å². The van der Waals surface area contributed by atoms with E-state index < -0.39 is 12.1 Å². The second-order valence-electron chi connectivity index (χ2n) is 12.7. The Balaban J connectivity index is 1.11. The third kappa shape index (κ3) is 5.73. The SMILES string of the molecule is CC[C@H](C)[C@H](NC(=O)OC)C(=O)N1CCC[C@H]1c1nc2ccc(-c3ccc4cc(-c5cnc([C@@H]6CCCN6)[nH]5)ccc4c3)cc2[nH]1. The van der Waals surface area contributed by atoms with Gasteiger partial charge in [-0.3, -0.25) is 4.79 Å². The number of likely N-dealkylation sites (tertiary alicyclic amines) is 1. The number of alkyl carbamates (subject to hydrolysis) is 1. The quantitative estimate of drug-likeness (QED) is 0.154. The van der Waals surface area contributed by atoms with Crippen LogP contribution in [0.5, 0.6) is 0 Å². The summed E-state index contributed by atoms with van der Waals surface area (Å²) in [4.78, 5) is 44.2. The van der Waals surface area contributed by atoms with Crippen LogP contribution in [0, 0.1) is 5.92 Å². The lowest BCUT2D eigenvalue weighted by Gasteiger charge is -2.30. The van der Waals surface area contributed by atoms with Gasteiger partial charge in [-0.15, -0.1) is 0 Å². The number of ether oxygens (including phenoxy) is 1. The largest absolute Gasteiger partial charge is 0.453 e. The second-order valence-corrected chi connectivity index (χ2v) is 12.7. The summed E-state index contributed by atoms with van der Waals surface area (Å²) in [6.45, 7) is 5.66. The Morgan fingerprint density at radius 2 is 1.74 bits per heavy atom. The van der Waals surface area contributed by atoms with E-state index in [1.165, 1.54) is 24.3 Å². The van der Waals surface area contributed by atoms with Crippen LogP contribution < -0.4 is 10.6 Å². The van der Waals surface area contributed by atoms with Gasteiger partial charge < -0.3 is 30.2 Å². The van der Waals surface area contributed by atoms with E-state index in [4.69, 9.17) is 9.72 Å². The monoisotopic (exact) mass is 619 g/mol. The van der Waals surface area contributed by atoms with Gasteiger partial charge in [-0.1, -0.05) is 50.6 Å². The first-order chi connectivity index (χ1) is 22.4. The molecule has 10 nitrogen and oxygen atoms in total. The number of methoxy groups -OCH3 is 1. The maximum absolute atomic E-state index is 13.7. The number of hydrogen-bond donors (Lipinski definition) is 4. The standard InChI is InChI=1S/C36H41N7O3/c1-4-21(2)32(42-36(45)46-3)35(44)43-16-6-8-31(43)34-39-27-14-13-25(19-29(27)40-34)23-9-10-24-18-26(12-11-22(24)17-23)30-20-38-33(41-30)28-7-5-15-37-28/h9-14,17-21,28,31-32,37H,4-8,15-16H2,1-3H3,(H,38,41)(H,39,40)(H,42,45)/t21-,28-,31-,32-/m0/s1. The number of imidazole rings is 2. The number of rotatable bonds is 8. The molecule has 0 unspecified atom stereocenters. The van der Waals surface area contributed by atoms with E-state index >= 15 is 0 Å². The number of carbonyl (C=O) groups is 2. The second kappa shape index (κ2) is 12.6. The van der Waals surface area contributed by atoms with Crippen LogP contribution in [0.15, 0.2) is 60.8 Å². The van der Waals surface area contributed by atoms with Gasteiger partial charge in [0.05, 0.1) is 42.1 Å². The van der Waals surface area contributed by atoms with Crippen molar-refractivity contribution in [1.29, 1.82) is 0 Å². The third-order valence-electron chi connectivity index (χ3n) is 9.76. The Labute approximate surface area is 268 Å². The molecule has 7 rings (SSSR count). The van der Waals surface area contributed by atoms with Gasteiger partial charge in [0, 0.05) is 12.1 Å². The fourth-order valence-corrected chi connectivity index (χ4v) is 6.90. The van der Waals surface area contributed by atoms with E-state index in [1.54, 1.807) is 0 Å². The summed E-state index contributed by atoms with van der Waals surface area (Å²) in [7, 11) is 1.31. The molecule has 4 atom stereocenters. The molecule has 5 aromatic rings. The molecule has 4 N–H and O–H groups in total. The molecule has 46 heavy (non-hydrogen) atoms. The minimum atomic E-state index is -0.649. The molecule has 4 heterocycles. The Morgan fingerprint density at radius 3 is 2.50 bits per heavy atom. The van der Waals surface area contributed by atoms with Crippen molar-refractivity contribution in [2.24, 2.45) is 5.92 Å². The van der Waals surface area contributed by atoms with Crippen LogP contribution >= 0.6 is 0 Å². The van der Waals surface area contributed by atoms with Crippen LogP contribution in [-0.2, 0) is 9.53 Å². The van der Waals surface area contributed by atoms with Gasteiger partial charge >= 0.3 is 6.09 Å². The summed E-state index contributed by atoms with van der Waals surface area (Å²) in [5.74, 6) is 1.66. The lowest BCUT2D eigenvalue weighted by molar-refractivity contribution is -0.135. The van der Waals surface area contributed by atoms with Crippen LogP contribution in [0.2, 0.25) is 0 Å². The summed E-state index contributed by atoms with van der Waals surface area (Å²) in [6.07, 6.45) is 6.09. The zero-order valence-electron chi connectivity index (χ0n) is 26.6. The molecule has 2 aliphatic heterocycles. The minimum Gasteiger partial charge on any atom is -0.453 e. The molecular weight excluding hydrogens is 578 g/mol. The predicted octanol–water partition coefficient (Wildman–Crippen LogP) is 6.63. The summed E-state index contributed by atoms with van der Waals surface area (Å²) in [5, 5.41) is 8.61. The summed E-state index contributed by atoms with van der Waals surface area (Å²) in [5.41, 5.74) is 6.17. The molecule has 2 amide bonds. The maximum atomic E-state index is 13.7. The number of hydrogen-bond acceptors (Lipinski definition) is 6. The average molecular weight is 620 g/mol. The van der Waals surface area contributed by atoms with Crippen molar-refractivity contribution >= 4 is 33.8 Å². The Bertz CT molecular complexity index is 1890. The highest BCUT2D eigenvalue weighted by Gasteiger charge is 2.38. The first-order valence-electron chi connectivity index (χ1n) is 16.4. The number of aromatic amines is 2. The predicted molar refractivity (Wildman–Crippen MR) is 179 cm³/mol. The van der Waals surface area contributed by atoms with Gasteiger partial charge in [0.2, 0.25) is 5.91 Å². The molecule has 2 aromatic heterocycles. The smallest absolute Gasteiger partial charge is 0.407 e. The van der Waals surface area contributed by atoms with E-state index in [-0.39, 0.29) is 17.9 Å². The van der Waals surface area contributed by atoms with Gasteiger partial charge in [-0.2, -0.15) is 0 Å². The van der Waals surface area contributed by atoms with Gasteiger partial charge in [0.1, 0.15) is 17.7 Å². The molecule has 3 aromatic carbocycles. The number of benzene rings is 3. The topological polar surface area (TPSA) is 128 Å². The third-order valence-corrected chi connectivity index (χ3v) is 9.76. The van der Waals surface area contributed by atoms with Crippen LogP contribution in [0.25, 0.3) is 44.2 Å². The number of fused-ring (bicyclic) bond motifs is 2. The van der Waals surface area contributed by atoms with Crippen molar-refractivity contribution in [3.63, 3.8) is 0 Å². The minimum absolute atomic E-state index is 0.0305. The lowest BCUT2D eigenvalue weighted by atomic mass is 9.97. The van der Waals surface area contributed by atoms with E-state index in [0.717, 1.165) is 77.3 Å². The molecule has 0 aliphatic carbocycles. The molecule has 10 heteroatoms. The van der Waals surface area contributed by atoms with E-state index in [0.29, 0.717) is 12.6 Å². The van der Waals surface area contributed by atoms with Crippen molar-refractivity contribution in [2.75, 3.05) is 20.2 Å². The summed E-state index contributed by atoms with van der Waals surface area (Å²) >= 11 is 0. The van der Waals surface area contributed by atoms with Crippen molar-refractivity contribution in [3.8, 4) is 22.4 Å². The van der Waals surface area contributed by atoms with Gasteiger partial charge in [0.15, 0.2) is 0 Å². The molecule has 0 radical (unpaired) electrons. The molecule has 2 saturated heterocycles. The first kappa shape index (κ1) is 30.0. The van der Waals surface area contributed by atoms with Crippen LogP contribution in [0.3, 0.4) is 0 Å². The lowest BCUT2D eigenvalue weighted by Crippen LogP contribution is -2.51. The fraction of sp³-hybridized carbons (Fsp3) is 0.389. The van der Waals surface area contributed by atoms with Crippen LogP contribution in [0.4, 0.5) is 4.79 Å². The van der Waals surface area contributed by atoms with Crippen LogP contribution in [-0.4, -0.2) is 63.1 Å². The number of H-pyrrole nitrogens is 2. The van der Waals surface area contributed by atoms with Gasteiger partial charge in [-0.05, 0) is 84.3 Å². The summed E-state index contributed by atoms with van der Waals surface area (Å²) < 4.78 is 4.81. The van der Waals surface area contributed by atoms with Crippen molar-refractivity contribution < 1.29 is 14.3 Å². The van der Waals surface area contributed by atoms with Crippen molar-refractivity contribution in [3.05, 3.63) is 72.4 Å². The normalized spacial score (nSPS) is 19.5. The number of nitrogens with zero attached hydrogens (tertiary/aromatic N) is 3. The molecule has 0 saturated carbocycles. The highest BCUT2D eigenvalue weighted by molar-refractivity contribution is 5.92. The average Bonchev–Trinajstić information content (AvgIpc) is 3.91. The van der Waals surface area contributed by atoms with Gasteiger partial charge in [-0.25, -0.2) is 14.8 Å².